The fourth-order valence-corrected chi connectivity index (χ4v) is 4.64. The Kier molecular flexibility index (Phi) is 6.19. The first-order chi connectivity index (χ1) is 15.9. The Morgan fingerprint density at radius 1 is 1.06 bits per heavy atom. The van der Waals surface area contributed by atoms with Crippen molar-refractivity contribution in [2.24, 2.45) is 0 Å². The number of benzene rings is 2. The fourth-order valence-electron chi connectivity index (χ4n) is 3.85. The molecule has 1 aliphatic rings. The second kappa shape index (κ2) is 9.07. The maximum atomic E-state index is 13.2. The molecule has 1 saturated heterocycles. The molecular weight excluding hydrogens is 440 g/mol. The van der Waals surface area contributed by atoms with Gasteiger partial charge < -0.3 is 5.32 Å². The van der Waals surface area contributed by atoms with E-state index in [1.807, 2.05) is 55.7 Å². The van der Waals surface area contributed by atoms with E-state index in [4.69, 9.17) is 0 Å². The van der Waals surface area contributed by atoms with Crippen LogP contribution in [-0.4, -0.2) is 43.4 Å². The van der Waals surface area contributed by atoms with E-state index < -0.39 is 23.4 Å². The summed E-state index contributed by atoms with van der Waals surface area (Å²) in [4.78, 5) is 38.4. The highest BCUT2D eigenvalue weighted by atomic mass is 32.2. The van der Waals surface area contributed by atoms with Crippen LogP contribution in [0.1, 0.15) is 30.3 Å². The molecule has 1 unspecified atom stereocenters. The van der Waals surface area contributed by atoms with Crippen LogP contribution < -0.4 is 10.7 Å². The number of aryl methyl sites for hydroxylation is 2. The third-order valence-electron chi connectivity index (χ3n) is 5.61. The summed E-state index contributed by atoms with van der Waals surface area (Å²) in [6, 6.07) is 16.2. The summed E-state index contributed by atoms with van der Waals surface area (Å²) in [5, 5.41) is 12.4. The number of hydrogen-bond acceptors (Lipinski definition) is 6. The number of carbonyl (C=O) groups is 3. The van der Waals surface area contributed by atoms with Gasteiger partial charge in [0.15, 0.2) is 5.16 Å². The Hall–Kier alpha value is -3.66. The van der Waals surface area contributed by atoms with Crippen LogP contribution in [0.3, 0.4) is 0 Å². The number of hydrazine groups is 1. The summed E-state index contributed by atoms with van der Waals surface area (Å²) in [5.74, 6) is -0.373. The van der Waals surface area contributed by atoms with E-state index in [2.05, 4.69) is 20.9 Å². The normalized spacial score (nSPS) is 17.8. The van der Waals surface area contributed by atoms with Crippen LogP contribution in [0, 0.1) is 13.8 Å². The van der Waals surface area contributed by atoms with Gasteiger partial charge in [0.2, 0.25) is 5.91 Å². The van der Waals surface area contributed by atoms with Crippen molar-refractivity contribution in [1.82, 2.24) is 30.5 Å². The lowest BCUT2D eigenvalue weighted by molar-refractivity contribution is -0.138. The number of nitrogens with zero attached hydrogens (tertiary/aromatic N) is 4. The first-order valence-electron chi connectivity index (χ1n) is 10.5. The standard InChI is InChI=1S/C23H24N6O3S/c1-4-23(17-11-6-5-7-12-17)20(31)29(21(32)24-23)27-19(30)14-33-22-26-25-16(3)28(22)18-13-9-8-10-15(18)2/h5-13H,4,14H2,1-3H3,(H,24,32)(H,27,30). The number of nitrogens with one attached hydrogen (secondary N) is 2. The number of thioether (sulfide) groups is 1. The maximum absolute atomic E-state index is 13.2. The largest absolute Gasteiger partial charge is 0.344 e. The number of amides is 4. The molecule has 1 fully saturated rings. The topological polar surface area (TPSA) is 109 Å². The molecule has 170 valence electrons. The average Bonchev–Trinajstić information content (AvgIpc) is 3.31. The molecule has 0 spiro atoms. The van der Waals surface area contributed by atoms with Gasteiger partial charge in [-0.1, -0.05) is 67.2 Å². The number of carbonyl (C=O) groups excluding carboxylic acids is 3. The van der Waals surface area contributed by atoms with Crippen LogP contribution in [-0.2, 0) is 15.1 Å². The molecule has 4 rings (SSSR count). The zero-order valence-electron chi connectivity index (χ0n) is 18.5. The zero-order chi connectivity index (χ0) is 23.6. The Morgan fingerprint density at radius 2 is 1.76 bits per heavy atom. The SMILES string of the molecule is CCC1(c2ccccc2)NC(=O)N(NC(=O)CSc2nnc(C)n2-c2ccccc2C)C1=O. The van der Waals surface area contributed by atoms with Gasteiger partial charge in [-0.05, 0) is 37.5 Å². The highest BCUT2D eigenvalue weighted by Gasteiger charge is 2.52. The quantitative estimate of drug-likeness (QED) is 0.411. The second-order valence-corrected chi connectivity index (χ2v) is 8.61. The minimum atomic E-state index is -1.21. The molecule has 2 N–H and O–H groups in total. The van der Waals surface area contributed by atoms with Crippen molar-refractivity contribution in [3.05, 3.63) is 71.5 Å². The number of imide groups is 1. The van der Waals surface area contributed by atoms with Gasteiger partial charge in [0, 0.05) is 0 Å². The minimum Gasteiger partial charge on any atom is -0.318 e. The average molecular weight is 465 g/mol. The number of aromatic nitrogens is 3. The van der Waals surface area contributed by atoms with Crippen molar-refractivity contribution < 1.29 is 14.4 Å². The fraction of sp³-hybridized carbons (Fsp3) is 0.261. The van der Waals surface area contributed by atoms with Gasteiger partial charge in [-0.15, -0.1) is 10.2 Å². The lowest BCUT2D eigenvalue weighted by Gasteiger charge is -2.25. The van der Waals surface area contributed by atoms with Crippen LogP contribution in [0.25, 0.3) is 5.69 Å². The third kappa shape index (κ3) is 4.09. The molecule has 33 heavy (non-hydrogen) atoms. The maximum Gasteiger partial charge on any atom is 0.344 e. The van der Waals surface area contributed by atoms with E-state index in [1.165, 1.54) is 11.8 Å². The molecule has 9 nitrogen and oxygen atoms in total. The lowest BCUT2D eigenvalue weighted by Crippen LogP contribution is -2.49. The Labute approximate surface area is 195 Å². The lowest BCUT2D eigenvalue weighted by atomic mass is 9.87. The van der Waals surface area contributed by atoms with Gasteiger partial charge in [0.05, 0.1) is 11.4 Å². The summed E-state index contributed by atoms with van der Waals surface area (Å²) in [5.41, 5.74) is 3.87. The van der Waals surface area contributed by atoms with Crippen molar-refractivity contribution in [2.75, 3.05) is 5.75 Å². The molecule has 0 saturated carbocycles. The van der Waals surface area contributed by atoms with Crippen molar-refractivity contribution >= 4 is 29.6 Å². The highest BCUT2D eigenvalue weighted by Crippen LogP contribution is 2.31. The summed E-state index contributed by atoms with van der Waals surface area (Å²) in [6.07, 6.45) is 0.349. The van der Waals surface area contributed by atoms with Crippen LogP contribution in [0.4, 0.5) is 4.79 Å². The predicted octanol–water partition coefficient (Wildman–Crippen LogP) is 2.86. The molecule has 2 aromatic carbocycles. The Bertz CT molecular complexity index is 1210. The first-order valence-corrected chi connectivity index (χ1v) is 11.5. The van der Waals surface area contributed by atoms with Crippen molar-refractivity contribution in [1.29, 1.82) is 0 Å². The second-order valence-electron chi connectivity index (χ2n) is 7.67. The number of urea groups is 1. The van der Waals surface area contributed by atoms with E-state index in [-0.39, 0.29) is 5.75 Å². The van der Waals surface area contributed by atoms with Gasteiger partial charge in [-0.3, -0.25) is 19.6 Å². The Morgan fingerprint density at radius 3 is 2.45 bits per heavy atom. The van der Waals surface area contributed by atoms with E-state index in [1.54, 1.807) is 24.3 Å². The smallest absolute Gasteiger partial charge is 0.318 e. The summed E-state index contributed by atoms with van der Waals surface area (Å²) in [6.45, 7) is 5.64. The van der Waals surface area contributed by atoms with Gasteiger partial charge in [0.25, 0.3) is 5.91 Å². The molecular formula is C23H24N6O3S. The molecule has 0 radical (unpaired) electrons. The van der Waals surface area contributed by atoms with Crippen LogP contribution in [0.15, 0.2) is 59.8 Å². The van der Waals surface area contributed by atoms with E-state index in [0.717, 1.165) is 16.3 Å². The number of rotatable bonds is 7. The number of para-hydroxylation sites is 1. The molecule has 4 amide bonds. The van der Waals surface area contributed by atoms with Crippen LogP contribution >= 0.6 is 11.8 Å². The van der Waals surface area contributed by atoms with Crippen LogP contribution in [0.2, 0.25) is 0 Å². The first kappa shape index (κ1) is 22.5. The van der Waals surface area contributed by atoms with Crippen LogP contribution in [0.5, 0.6) is 0 Å². The van der Waals surface area contributed by atoms with Gasteiger partial charge in [0.1, 0.15) is 11.4 Å². The van der Waals surface area contributed by atoms with Crippen molar-refractivity contribution in [3.63, 3.8) is 0 Å². The molecule has 10 heteroatoms. The molecule has 1 atom stereocenters. The molecule has 0 aliphatic carbocycles. The van der Waals surface area contributed by atoms with Gasteiger partial charge in [-0.2, -0.15) is 5.01 Å². The zero-order valence-corrected chi connectivity index (χ0v) is 19.3. The summed E-state index contributed by atoms with van der Waals surface area (Å²) in [7, 11) is 0. The van der Waals surface area contributed by atoms with Crippen molar-refractivity contribution in [2.45, 2.75) is 37.9 Å². The van der Waals surface area contributed by atoms with E-state index in [9.17, 15) is 14.4 Å². The number of hydrogen-bond donors (Lipinski definition) is 2. The van der Waals surface area contributed by atoms with Crippen molar-refractivity contribution in [3.8, 4) is 5.69 Å². The van der Waals surface area contributed by atoms with E-state index in [0.29, 0.717) is 23.0 Å². The monoisotopic (exact) mass is 464 g/mol. The third-order valence-corrected chi connectivity index (χ3v) is 6.54. The molecule has 1 aliphatic heterocycles. The Balaban J connectivity index is 1.47. The summed E-state index contributed by atoms with van der Waals surface area (Å²) >= 11 is 1.18. The highest BCUT2D eigenvalue weighted by molar-refractivity contribution is 7.99. The predicted molar refractivity (Wildman–Crippen MR) is 123 cm³/mol. The molecule has 0 bridgehead atoms. The molecule has 3 aromatic rings. The molecule has 2 heterocycles. The van der Waals surface area contributed by atoms with Gasteiger partial charge in [-0.25, -0.2) is 4.79 Å². The molecule has 1 aromatic heterocycles. The summed E-state index contributed by atoms with van der Waals surface area (Å²) < 4.78 is 1.87. The van der Waals surface area contributed by atoms with E-state index >= 15 is 0 Å². The van der Waals surface area contributed by atoms with Gasteiger partial charge >= 0.3 is 6.03 Å². The minimum absolute atomic E-state index is 0.0501.